The number of methoxy groups -OCH3 is 2. The van der Waals surface area contributed by atoms with E-state index in [-0.39, 0.29) is 43.4 Å². The smallest absolute Gasteiger partial charge is 0.308 e. The molecule has 2 aliphatic heterocycles. The summed E-state index contributed by atoms with van der Waals surface area (Å²) < 4.78 is 15.7. The lowest BCUT2D eigenvalue weighted by molar-refractivity contribution is -0.149. The van der Waals surface area contributed by atoms with Crippen molar-refractivity contribution in [2.75, 3.05) is 73.2 Å². The van der Waals surface area contributed by atoms with E-state index in [0.717, 1.165) is 12.8 Å². The number of aliphatic hydroxyl groups excluding tert-OH is 2. The molecule has 11 nitrogen and oxygen atoms in total. The first kappa shape index (κ1) is 29.4. The summed E-state index contributed by atoms with van der Waals surface area (Å²) in [6, 6.07) is 0. The quantitative estimate of drug-likeness (QED) is 0.489. The number of carbonyl (C=O) groups excluding carboxylic acids is 3. The summed E-state index contributed by atoms with van der Waals surface area (Å²) in [7, 11) is 2.83. The molecule has 2 rings (SSSR count). The minimum atomic E-state index is -1.18. The van der Waals surface area contributed by atoms with Gasteiger partial charge >= 0.3 is 5.97 Å². The third-order valence-electron chi connectivity index (χ3n) is 6.87. The molecule has 3 atom stereocenters. The Morgan fingerprint density at radius 2 is 1.63 bits per heavy atom. The molecule has 0 saturated carbocycles. The largest absolute Gasteiger partial charge is 0.469 e. The van der Waals surface area contributed by atoms with E-state index in [2.05, 4.69) is 4.90 Å². The Hall–Kier alpha value is -1.79. The zero-order chi connectivity index (χ0) is 25.8. The van der Waals surface area contributed by atoms with Gasteiger partial charge in [-0.2, -0.15) is 0 Å². The van der Waals surface area contributed by atoms with Crippen LogP contribution in [0.5, 0.6) is 0 Å². The zero-order valence-electron chi connectivity index (χ0n) is 21.4. The topological polar surface area (TPSA) is 129 Å². The third kappa shape index (κ3) is 9.64. The van der Waals surface area contributed by atoms with Crippen LogP contribution in [0.4, 0.5) is 0 Å². The zero-order valence-corrected chi connectivity index (χ0v) is 21.4. The average Bonchev–Trinajstić information content (AvgIpc) is 2.86. The number of piperidine rings is 1. The van der Waals surface area contributed by atoms with Gasteiger partial charge in [-0.15, -0.1) is 0 Å². The van der Waals surface area contributed by atoms with Crippen LogP contribution in [0.25, 0.3) is 0 Å². The fourth-order valence-corrected chi connectivity index (χ4v) is 4.58. The van der Waals surface area contributed by atoms with Gasteiger partial charge in [0.1, 0.15) is 18.3 Å². The van der Waals surface area contributed by atoms with Gasteiger partial charge < -0.3 is 34.2 Å². The first-order valence-electron chi connectivity index (χ1n) is 12.6. The lowest BCUT2D eigenvalue weighted by atomic mass is 9.97. The van der Waals surface area contributed by atoms with E-state index in [1.54, 1.807) is 4.90 Å². The van der Waals surface area contributed by atoms with Crippen molar-refractivity contribution in [2.45, 2.75) is 57.3 Å². The molecule has 0 aromatic carbocycles. The molecule has 0 aromatic heterocycles. The van der Waals surface area contributed by atoms with Gasteiger partial charge in [-0.05, 0) is 38.6 Å². The number of nitrogens with zero attached hydrogens (tertiary/aromatic N) is 3. The molecule has 35 heavy (non-hydrogen) atoms. The summed E-state index contributed by atoms with van der Waals surface area (Å²) >= 11 is 0. The number of esters is 1. The molecule has 0 unspecified atom stereocenters. The highest BCUT2D eigenvalue weighted by Crippen LogP contribution is 2.19. The van der Waals surface area contributed by atoms with Gasteiger partial charge in [0, 0.05) is 53.4 Å². The van der Waals surface area contributed by atoms with Gasteiger partial charge in [0.05, 0.1) is 26.2 Å². The van der Waals surface area contributed by atoms with E-state index >= 15 is 0 Å². The van der Waals surface area contributed by atoms with Gasteiger partial charge in [-0.3, -0.25) is 19.3 Å². The standard InChI is InChI=1S/C24H43N3O8/c1-18(28)27-11-6-10-25(16-22(30)26-12-7-19(8-13-26)24(32)34-3)9-4-5-14-35-17-20(29)23(31)21(15-27)33-2/h19-21,23,29,31H,4-17H2,1-3H3/t20-,21-,23-/m0/s1. The number of hydrogen-bond acceptors (Lipinski definition) is 9. The monoisotopic (exact) mass is 501 g/mol. The Morgan fingerprint density at radius 1 is 0.943 bits per heavy atom. The first-order valence-corrected chi connectivity index (χ1v) is 12.6. The van der Waals surface area contributed by atoms with Gasteiger partial charge in [0.15, 0.2) is 0 Å². The van der Waals surface area contributed by atoms with Crippen LogP contribution in [0.1, 0.15) is 39.0 Å². The third-order valence-corrected chi connectivity index (χ3v) is 6.87. The molecule has 2 aliphatic rings. The van der Waals surface area contributed by atoms with E-state index in [1.807, 2.05) is 4.90 Å². The van der Waals surface area contributed by atoms with E-state index < -0.39 is 18.3 Å². The van der Waals surface area contributed by atoms with Crippen molar-refractivity contribution in [3.63, 3.8) is 0 Å². The highest BCUT2D eigenvalue weighted by Gasteiger charge is 2.30. The first-order chi connectivity index (χ1) is 16.8. The van der Waals surface area contributed by atoms with E-state index in [9.17, 15) is 24.6 Å². The predicted octanol–water partition coefficient (Wildman–Crippen LogP) is -0.514. The molecule has 0 radical (unpaired) electrons. The second-order valence-electron chi connectivity index (χ2n) is 9.39. The van der Waals surface area contributed by atoms with Crippen molar-refractivity contribution in [1.29, 1.82) is 0 Å². The molecule has 2 heterocycles. The minimum absolute atomic E-state index is 0.0230. The normalized spacial score (nSPS) is 27.1. The van der Waals surface area contributed by atoms with E-state index in [0.29, 0.717) is 58.6 Å². The Balaban J connectivity index is 1.97. The molecular weight excluding hydrogens is 458 g/mol. The molecule has 11 heteroatoms. The Bertz CT molecular complexity index is 671. The highest BCUT2D eigenvalue weighted by atomic mass is 16.5. The summed E-state index contributed by atoms with van der Waals surface area (Å²) in [6.45, 7) is 5.19. The van der Waals surface area contributed by atoms with Crippen molar-refractivity contribution >= 4 is 17.8 Å². The van der Waals surface area contributed by atoms with Crippen molar-refractivity contribution in [3.05, 3.63) is 0 Å². The SMILES string of the molecule is COC(=O)C1CCN(C(=O)CN2CCCCOC[C@H](O)[C@H](O)[C@@H](OC)CN(C(C)=O)CCC2)CC1. The summed E-state index contributed by atoms with van der Waals surface area (Å²) in [5.74, 6) is -0.467. The van der Waals surface area contributed by atoms with Crippen LogP contribution in [0, 0.1) is 5.92 Å². The van der Waals surface area contributed by atoms with Crippen molar-refractivity contribution in [1.82, 2.24) is 14.7 Å². The van der Waals surface area contributed by atoms with Crippen LogP contribution in [0.15, 0.2) is 0 Å². The van der Waals surface area contributed by atoms with Crippen LogP contribution >= 0.6 is 0 Å². The molecular formula is C24H43N3O8. The van der Waals surface area contributed by atoms with Gasteiger partial charge in [0.2, 0.25) is 11.8 Å². The predicted molar refractivity (Wildman–Crippen MR) is 127 cm³/mol. The van der Waals surface area contributed by atoms with Crippen molar-refractivity contribution in [3.8, 4) is 0 Å². The minimum Gasteiger partial charge on any atom is -0.469 e. The maximum atomic E-state index is 13.0. The molecule has 2 fully saturated rings. The van der Waals surface area contributed by atoms with Gasteiger partial charge in [0.25, 0.3) is 0 Å². The lowest BCUT2D eigenvalue weighted by Gasteiger charge is -2.33. The van der Waals surface area contributed by atoms with Crippen LogP contribution in [0.3, 0.4) is 0 Å². The molecule has 0 bridgehead atoms. The van der Waals surface area contributed by atoms with Crippen molar-refractivity contribution in [2.24, 2.45) is 5.92 Å². The van der Waals surface area contributed by atoms with Crippen LogP contribution in [-0.4, -0.2) is 134 Å². The van der Waals surface area contributed by atoms with Gasteiger partial charge in [-0.25, -0.2) is 0 Å². The lowest BCUT2D eigenvalue weighted by Crippen LogP contribution is -2.48. The highest BCUT2D eigenvalue weighted by molar-refractivity contribution is 5.79. The molecule has 0 aromatic rings. The summed E-state index contributed by atoms with van der Waals surface area (Å²) in [4.78, 5) is 42.4. The Morgan fingerprint density at radius 3 is 2.26 bits per heavy atom. The number of aliphatic hydroxyl groups is 2. The molecule has 202 valence electrons. The number of ether oxygens (including phenoxy) is 3. The summed E-state index contributed by atoms with van der Waals surface area (Å²) in [6.07, 6.45) is 0.416. The molecule has 0 spiro atoms. The van der Waals surface area contributed by atoms with Crippen LogP contribution in [0.2, 0.25) is 0 Å². The number of hydrogen-bond donors (Lipinski definition) is 2. The Kier molecular flexibility index (Phi) is 12.9. The summed E-state index contributed by atoms with van der Waals surface area (Å²) in [5.41, 5.74) is 0. The summed E-state index contributed by atoms with van der Waals surface area (Å²) in [5, 5.41) is 20.7. The van der Waals surface area contributed by atoms with E-state index in [4.69, 9.17) is 14.2 Å². The number of rotatable bonds is 4. The Labute approximate surface area is 208 Å². The molecule has 2 N–H and O–H groups in total. The van der Waals surface area contributed by atoms with Crippen molar-refractivity contribution < 1.29 is 38.8 Å². The van der Waals surface area contributed by atoms with Crippen LogP contribution in [-0.2, 0) is 28.6 Å². The molecule has 0 aliphatic carbocycles. The van der Waals surface area contributed by atoms with E-state index in [1.165, 1.54) is 21.1 Å². The van der Waals surface area contributed by atoms with Gasteiger partial charge in [-0.1, -0.05) is 0 Å². The number of amides is 2. The second kappa shape index (κ2) is 15.4. The maximum absolute atomic E-state index is 13.0. The maximum Gasteiger partial charge on any atom is 0.308 e. The van der Waals surface area contributed by atoms with Crippen LogP contribution < -0.4 is 0 Å². The average molecular weight is 502 g/mol. The fourth-order valence-electron chi connectivity index (χ4n) is 4.58. The molecule has 2 amide bonds. The fraction of sp³-hybridized carbons (Fsp3) is 0.875. The number of carbonyl (C=O) groups is 3. The number of likely N-dealkylation sites (tertiary alicyclic amines) is 1. The molecule has 2 saturated heterocycles. The second-order valence-corrected chi connectivity index (χ2v) is 9.39.